The molecule has 152 valence electrons. The van der Waals surface area contributed by atoms with Crippen LogP contribution in [0.2, 0.25) is 0 Å². The quantitative estimate of drug-likeness (QED) is 0.460. The molecule has 0 aliphatic rings. The second-order valence-corrected chi connectivity index (χ2v) is 7.39. The predicted molar refractivity (Wildman–Crippen MR) is 121 cm³/mol. The Bertz CT molecular complexity index is 1060. The van der Waals surface area contributed by atoms with Gasteiger partial charge in [-0.25, -0.2) is 4.39 Å². The molecule has 0 fully saturated rings. The molecule has 0 amide bonds. The number of rotatable bonds is 7. The molecule has 0 radical (unpaired) electrons. The van der Waals surface area contributed by atoms with Crippen LogP contribution in [0.25, 0.3) is 16.8 Å². The molecule has 2 heterocycles. The van der Waals surface area contributed by atoms with Crippen molar-refractivity contribution in [2.45, 2.75) is 32.9 Å². The van der Waals surface area contributed by atoms with E-state index in [9.17, 15) is 4.39 Å². The largest absolute Gasteiger partial charge is 0.260 e. The minimum Gasteiger partial charge on any atom is -0.260 e. The van der Waals surface area contributed by atoms with Gasteiger partial charge in [0.05, 0.1) is 18.1 Å². The lowest BCUT2D eigenvalue weighted by molar-refractivity contribution is 0.222. The maximum Gasteiger partial charge on any atom is 0.131 e. The zero-order chi connectivity index (χ0) is 21.6. The molecule has 2 aromatic heterocycles. The summed E-state index contributed by atoms with van der Waals surface area (Å²) in [6.07, 6.45) is 10.9. The number of alkyl halides is 1. The number of benzene rings is 1. The van der Waals surface area contributed by atoms with Crippen LogP contribution in [0.3, 0.4) is 0 Å². The maximum atomic E-state index is 15.0. The molecule has 1 aromatic carbocycles. The van der Waals surface area contributed by atoms with Gasteiger partial charge in [-0.05, 0) is 55.7 Å². The van der Waals surface area contributed by atoms with E-state index in [0.717, 1.165) is 33.6 Å². The normalized spacial score (nSPS) is 12.3. The summed E-state index contributed by atoms with van der Waals surface area (Å²) in [4.78, 5) is 8.92. The molecule has 3 aromatic rings. The van der Waals surface area contributed by atoms with Crippen LogP contribution in [0.1, 0.15) is 43.2 Å². The second kappa shape index (κ2) is 9.35. The minimum absolute atomic E-state index is 0.610. The monoisotopic (exact) mass is 400 g/mol. The molecule has 0 unspecified atom stereocenters. The van der Waals surface area contributed by atoms with E-state index >= 15 is 0 Å². The highest BCUT2D eigenvalue weighted by Crippen LogP contribution is 2.35. The smallest absolute Gasteiger partial charge is 0.131 e. The van der Waals surface area contributed by atoms with Crippen LogP contribution in [-0.4, -0.2) is 21.4 Å². The fraction of sp³-hybridized carbons (Fsp3) is 0.200. The highest BCUT2D eigenvalue weighted by molar-refractivity contribution is 5.79. The van der Waals surface area contributed by atoms with Gasteiger partial charge in [0.15, 0.2) is 0 Å². The van der Waals surface area contributed by atoms with E-state index in [0.29, 0.717) is 12.0 Å². The van der Waals surface area contributed by atoms with Crippen molar-refractivity contribution < 1.29 is 4.39 Å². The number of hydrogen-bond donors (Lipinski definition) is 0. The van der Waals surface area contributed by atoms with E-state index in [4.69, 9.17) is 0 Å². The molecule has 0 spiro atoms. The topological polar surface area (TPSA) is 51.0 Å². The molecule has 0 N–H and O–H groups in total. The molecular formula is C25H25FN4. The third-order valence-corrected chi connectivity index (χ3v) is 4.72. The summed E-state index contributed by atoms with van der Waals surface area (Å²) >= 11 is 0. The van der Waals surface area contributed by atoms with E-state index in [2.05, 4.69) is 26.8 Å². The first-order valence-electron chi connectivity index (χ1n) is 9.78. The van der Waals surface area contributed by atoms with E-state index in [1.807, 2.05) is 55.6 Å². The summed E-state index contributed by atoms with van der Waals surface area (Å²) in [6, 6.07) is 11.7. The van der Waals surface area contributed by atoms with Gasteiger partial charge in [-0.1, -0.05) is 36.9 Å². The van der Waals surface area contributed by atoms with Gasteiger partial charge in [0.2, 0.25) is 0 Å². The average molecular weight is 401 g/mol. The Morgan fingerprint density at radius 3 is 2.57 bits per heavy atom. The Balaban J connectivity index is 1.88. The molecule has 0 saturated carbocycles. The van der Waals surface area contributed by atoms with Crippen molar-refractivity contribution in [3.05, 3.63) is 96.1 Å². The highest BCUT2D eigenvalue weighted by Gasteiger charge is 2.23. The van der Waals surface area contributed by atoms with Gasteiger partial charge < -0.3 is 0 Å². The first kappa shape index (κ1) is 21.2. The van der Waals surface area contributed by atoms with E-state index in [1.54, 1.807) is 38.5 Å². The van der Waals surface area contributed by atoms with Gasteiger partial charge in [-0.15, -0.1) is 0 Å². The maximum absolute atomic E-state index is 15.0. The van der Waals surface area contributed by atoms with Gasteiger partial charge in [0.25, 0.3) is 0 Å². The summed E-state index contributed by atoms with van der Waals surface area (Å²) in [5.41, 5.74) is 4.48. The molecule has 0 aliphatic heterocycles. The lowest BCUT2D eigenvalue weighted by atomic mass is 9.89. The fourth-order valence-corrected chi connectivity index (χ4v) is 3.23. The fourth-order valence-electron chi connectivity index (χ4n) is 3.23. The van der Waals surface area contributed by atoms with Gasteiger partial charge in [-0.2, -0.15) is 10.2 Å². The number of allylic oxidation sites excluding steroid dienone is 2. The number of pyridine rings is 1. The van der Waals surface area contributed by atoms with Gasteiger partial charge >= 0.3 is 0 Å². The number of halogens is 1. The van der Waals surface area contributed by atoms with Crippen molar-refractivity contribution in [3.8, 4) is 11.1 Å². The third kappa shape index (κ3) is 5.11. The molecule has 0 aliphatic carbocycles. The number of hydrogen-bond acceptors (Lipinski definition) is 4. The summed E-state index contributed by atoms with van der Waals surface area (Å²) < 4.78 is 15.0. The minimum atomic E-state index is -1.49. The van der Waals surface area contributed by atoms with E-state index in [-0.39, 0.29) is 0 Å². The van der Waals surface area contributed by atoms with Crippen molar-refractivity contribution in [1.82, 2.24) is 15.2 Å². The van der Waals surface area contributed by atoms with E-state index in [1.165, 1.54) is 0 Å². The number of aromatic nitrogens is 3. The van der Waals surface area contributed by atoms with Crippen LogP contribution in [-0.2, 0) is 12.1 Å². The SMILES string of the molecule is C=CC=N/C(=C\C)c1ccc(Cc2ccc(-c3ccnnc3)c(C(C)(C)F)c2)nc1. The van der Waals surface area contributed by atoms with Crippen molar-refractivity contribution in [1.29, 1.82) is 0 Å². The van der Waals surface area contributed by atoms with Crippen molar-refractivity contribution in [3.63, 3.8) is 0 Å². The second-order valence-electron chi connectivity index (χ2n) is 7.39. The predicted octanol–water partition coefficient (Wildman–Crippen LogP) is 5.95. The number of nitrogens with zero attached hydrogens (tertiary/aromatic N) is 4. The molecule has 0 saturated heterocycles. The van der Waals surface area contributed by atoms with Crippen LogP contribution < -0.4 is 0 Å². The Morgan fingerprint density at radius 1 is 1.13 bits per heavy atom. The Kier molecular flexibility index (Phi) is 6.62. The molecule has 0 bridgehead atoms. The van der Waals surface area contributed by atoms with Gasteiger partial charge in [0, 0.05) is 35.7 Å². The molecule has 3 rings (SSSR count). The number of aliphatic imine (C=N–C) groups is 1. The average Bonchev–Trinajstić information content (AvgIpc) is 2.75. The van der Waals surface area contributed by atoms with Gasteiger partial charge in [0.1, 0.15) is 5.67 Å². The van der Waals surface area contributed by atoms with Crippen LogP contribution in [0.4, 0.5) is 4.39 Å². The van der Waals surface area contributed by atoms with Crippen molar-refractivity contribution in [2.24, 2.45) is 4.99 Å². The zero-order valence-corrected chi connectivity index (χ0v) is 17.5. The lowest BCUT2D eigenvalue weighted by Crippen LogP contribution is -2.12. The first-order chi connectivity index (χ1) is 14.4. The standard InChI is InChI=1S/C25H25FN4/c1-5-12-27-24(6-2)20-8-9-21(28-16-20)14-18-7-10-22(19-11-13-29-30-17-19)23(15-18)25(3,4)26/h5-13,15-17H,1,14H2,2-4H3/b24-6-,27-12?. The third-order valence-electron chi connectivity index (χ3n) is 4.72. The van der Waals surface area contributed by atoms with Crippen LogP contribution in [0, 0.1) is 0 Å². The summed E-state index contributed by atoms with van der Waals surface area (Å²) in [6.45, 7) is 8.72. The summed E-state index contributed by atoms with van der Waals surface area (Å²) in [7, 11) is 0. The van der Waals surface area contributed by atoms with Crippen LogP contribution in [0.5, 0.6) is 0 Å². The van der Waals surface area contributed by atoms with Gasteiger partial charge in [-0.3, -0.25) is 9.98 Å². The van der Waals surface area contributed by atoms with Crippen LogP contribution in [0.15, 0.2) is 78.7 Å². The molecule has 5 heteroatoms. The van der Waals surface area contributed by atoms with E-state index < -0.39 is 5.67 Å². The Hall–Kier alpha value is -3.47. The zero-order valence-electron chi connectivity index (χ0n) is 17.5. The Labute approximate surface area is 177 Å². The summed E-state index contributed by atoms with van der Waals surface area (Å²) in [5.74, 6) is 0. The first-order valence-corrected chi connectivity index (χ1v) is 9.78. The van der Waals surface area contributed by atoms with Crippen molar-refractivity contribution in [2.75, 3.05) is 0 Å². The van der Waals surface area contributed by atoms with Crippen molar-refractivity contribution >= 4 is 11.9 Å². The molecule has 4 nitrogen and oxygen atoms in total. The highest BCUT2D eigenvalue weighted by atomic mass is 19.1. The lowest BCUT2D eigenvalue weighted by Gasteiger charge is -2.20. The summed E-state index contributed by atoms with van der Waals surface area (Å²) in [5, 5.41) is 7.73. The van der Waals surface area contributed by atoms with Crippen LogP contribution >= 0.6 is 0 Å². The molecule has 30 heavy (non-hydrogen) atoms. The molecular weight excluding hydrogens is 375 g/mol. The molecule has 0 atom stereocenters. The Morgan fingerprint density at radius 2 is 1.97 bits per heavy atom.